The summed E-state index contributed by atoms with van der Waals surface area (Å²) in [4.78, 5) is 23.5. The molecule has 0 radical (unpaired) electrons. The zero-order valence-electron chi connectivity index (χ0n) is 10.9. The molecule has 0 spiro atoms. The minimum Gasteiger partial charge on any atom is -0.466 e. The second-order valence-corrected chi connectivity index (χ2v) is 6.52. The third-order valence-electron chi connectivity index (χ3n) is 2.94. The molecule has 1 fully saturated rings. The van der Waals surface area contributed by atoms with E-state index < -0.39 is 7.92 Å². The van der Waals surface area contributed by atoms with E-state index in [1.807, 2.05) is 30.3 Å². The van der Waals surface area contributed by atoms with E-state index in [-0.39, 0.29) is 24.2 Å². The van der Waals surface area contributed by atoms with Gasteiger partial charge in [-0.25, -0.2) is 4.79 Å². The highest BCUT2D eigenvalue weighted by atomic mass is 31.1. The van der Waals surface area contributed by atoms with E-state index in [0.29, 0.717) is 18.9 Å². The van der Waals surface area contributed by atoms with Crippen LogP contribution in [-0.2, 0) is 20.4 Å². The van der Waals surface area contributed by atoms with E-state index in [9.17, 15) is 9.59 Å². The summed E-state index contributed by atoms with van der Waals surface area (Å²) < 4.78 is 10.1. The van der Waals surface area contributed by atoms with Crippen LogP contribution in [0, 0.1) is 5.92 Å². The van der Waals surface area contributed by atoms with Crippen molar-refractivity contribution in [3.63, 3.8) is 0 Å². The van der Waals surface area contributed by atoms with Crippen molar-refractivity contribution in [3.8, 4) is 0 Å². The van der Waals surface area contributed by atoms with Crippen LogP contribution >= 0.6 is 7.92 Å². The monoisotopic (exact) mass is 280 g/mol. The molecule has 0 amide bonds. The zero-order valence-corrected chi connectivity index (χ0v) is 11.8. The maximum atomic E-state index is 11.8. The largest absolute Gasteiger partial charge is 0.466 e. The first kappa shape index (κ1) is 14.0. The molecule has 1 saturated heterocycles. The molecule has 2 unspecified atom stereocenters. The maximum Gasteiger partial charge on any atom is 0.326 e. The summed E-state index contributed by atoms with van der Waals surface area (Å²) in [5.41, 5.74) is 0.953. The summed E-state index contributed by atoms with van der Waals surface area (Å²) in [6, 6.07) is 9.82. The smallest absolute Gasteiger partial charge is 0.326 e. The Hall–Kier alpha value is -1.41. The predicted octanol–water partition coefficient (Wildman–Crippen LogP) is 3.00. The lowest BCUT2D eigenvalue weighted by molar-refractivity contribution is -0.148. The van der Waals surface area contributed by atoms with Gasteiger partial charge in [-0.3, -0.25) is 4.79 Å². The van der Waals surface area contributed by atoms with E-state index in [4.69, 9.17) is 9.47 Å². The van der Waals surface area contributed by atoms with Crippen LogP contribution in [0.5, 0.6) is 0 Å². The molecule has 1 aromatic carbocycles. The van der Waals surface area contributed by atoms with E-state index in [1.54, 1.807) is 6.92 Å². The minimum atomic E-state index is -0.954. The molecule has 1 aliphatic heterocycles. The number of hydrogen-bond donors (Lipinski definition) is 0. The number of cyclic esters (lactones) is 1. The van der Waals surface area contributed by atoms with Gasteiger partial charge in [0.25, 0.3) is 0 Å². The molecule has 5 heteroatoms. The summed E-state index contributed by atoms with van der Waals surface area (Å²) in [7, 11) is -0.954. The van der Waals surface area contributed by atoms with Crippen LogP contribution in [0.1, 0.15) is 12.5 Å². The van der Waals surface area contributed by atoms with Crippen LogP contribution < -0.4 is 0 Å². The highest BCUT2D eigenvalue weighted by molar-refractivity contribution is 7.73. The highest BCUT2D eigenvalue weighted by Gasteiger charge is 2.34. The first-order valence-corrected chi connectivity index (χ1v) is 8.04. The highest BCUT2D eigenvalue weighted by Crippen LogP contribution is 2.46. The molecule has 0 aromatic heterocycles. The van der Waals surface area contributed by atoms with Crippen LogP contribution in [0.25, 0.3) is 0 Å². The third-order valence-corrected chi connectivity index (χ3v) is 5.22. The Morgan fingerprint density at radius 1 is 1.42 bits per heavy atom. The Balaban J connectivity index is 1.99. The molecule has 2 atom stereocenters. The molecule has 1 heterocycles. The van der Waals surface area contributed by atoms with Gasteiger partial charge in [0.2, 0.25) is 0 Å². The summed E-state index contributed by atoms with van der Waals surface area (Å²) in [6.45, 7) is 2.30. The molecule has 1 aliphatic rings. The molecule has 102 valence electrons. The van der Waals surface area contributed by atoms with E-state index >= 15 is 0 Å². The van der Waals surface area contributed by atoms with Gasteiger partial charge in [0.05, 0.1) is 12.5 Å². The fourth-order valence-corrected chi connectivity index (χ4v) is 4.09. The van der Waals surface area contributed by atoms with Crippen molar-refractivity contribution < 1.29 is 19.1 Å². The molecule has 0 bridgehead atoms. The second-order valence-electron chi connectivity index (χ2n) is 4.39. The Morgan fingerprint density at radius 3 is 2.84 bits per heavy atom. The number of rotatable bonds is 4. The van der Waals surface area contributed by atoms with E-state index in [0.717, 1.165) is 5.56 Å². The van der Waals surface area contributed by atoms with Gasteiger partial charge in [0, 0.05) is 14.1 Å². The fraction of sp³-hybridized carbons (Fsp3) is 0.429. The predicted molar refractivity (Wildman–Crippen MR) is 73.4 cm³/mol. The summed E-state index contributed by atoms with van der Waals surface area (Å²) >= 11 is 0. The van der Waals surface area contributed by atoms with Crippen LogP contribution in [0.15, 0.2) is 30.3 Å². The number of carbonyl (C=O) groups excluding carboxylic acids is 2. The van der Waals surface area contributed by atoms with Crippen molar-refractivity contribution >= 4 is 19.6 Å². The molecule has 0 saturated carbocycles. The topological polar surface area (TPSA) is 52.6 Å². The van der Waals surface area contributed by atoms with Crippen LogP contribution in [-0.4, -0.2) is 31.1 Å². The molecular weight excluding hydrogens is 263 g/mol. The van der Waals surface area contributed by atoms with Crippen molar-refractivity contribution in [1.29, 1.82) is 0 Å². The van der Waals surface area contributed by atoms with Crippen LogP contribution in [0.3, 0.4) is 0 Å². The van der Waals surface area contributed by atoms with Crippen molar-refractivity contribution in [3.05, 3.63) is 35.9 Å². The third kappa shape index (κ3) is 3.77. The molecule has 4 nitrogen and oxygen atoms in total. The molecule has 1 aromatic rings. The normalized spacial score (nSPS) is 22.7. The molecule has 19 heavy (non-hydrogen) atoms. The Bertz CT molecular complexity index is 446. The van der Waals surface area contributed by atoms with Crippen LogP contribution in [0.2, 0.25) is 0 Å². The van der Waals surface area contributed by atoms with Crippen LogP contribution in [0.4, 0.5) is 4.79 Å². The maximum absolute atomic E-state index is 11.8. The number of hydrogen-bond acceptors (Lipinski definition) is 4. The lowest BCUT2D eigenvalue weighted by atomic mass is 10.2. The Labute approximate surface area is 113 Å². The lowest BCUT2D eigenvalue weighted by Gasteiger charge is -2.27. The summed E-state index contributed by atoms with van der Waals surface area (Å²) in [6.07, 6.45) is 1.24. The van der Waals surface area contributed by atoms with Gasteiger partial charge >= 0.3 is 11.7 Å². The number of ether oxygens (including phenoxy) is 2. The molecular formula is C14H17O4P. The average Bonchev–Trinajstić information content (AvgIpc) is 2.42. The SMILES string of the molecule is CCOC(=O)C1COC(=O)P(Cc2ccccc2)C1. The van der Waals surface area contributed by atoms with Crippen molar-refractivity contribution in [1.82, 2.24) is 0 Å². The van der Waals surface area contributed by atoms with Gasteiger partial charge in [-0.05, 0) is 18.6 Å². The first-order valence-electron chi connectivity index (χ1n) is 6.33. The van der Waals surface area contributed by atoms with Gasteiger partial charge in [-0.15, -0.1) is 0 Å². The number of benzene rings is 1. The van der Waals surface area contributed by atoms with Gasteiger partial charge < -0.3 is 9.47 Å². The quantitative estimate of drug-likeness (QED) is 0.628. The molecule has 0 N–H and O–H groups in total. The van der Waals surface area contributed by atoms with Crippen molar-refractivity contribution in [2.45, 2.75) is 13.1 Å². The Morgan fingerprint density at radius 2 is 2.16 bits per heavy atom. The van der Waals surface area contributed by atoms with Gasteiger partial charge in [0.15, 0.2) is 0 Å². The van der Waals surface area contributed by atoms with E-state index in [1.165, 1.54) is 0 Å². The average molecular weight is 280 g/mol. The fourth-order valence-electron chi connectivity index (χ4n) is 1.99. The van der Waals surface area contributed by atoms with Gasteiger partial charge in [0.1, 0.15) is 6.61 Å². The standard InChI is InChI=1S/C14H17O4P/c1-2-17-13(15)12-8-18-14(16)19(10-12)9-11-6-4-3-5-7-11/h3-7,12H,2,8-10H2,1H3. The van der Waals surface area contributed by atoms with E-state index in [2.05, 4.69) is 0 Å². The minimum absolute atomic E-state index is 0.153. The number of carbonyl (C=O) groups is 2. The summed E-state index contributed by atoms with van der Waals surface area (Å²) in [5, 5.41) is 0. The molecule has 2 rings (SSSR count). The second kappa shape index (κ2) is 6.67. The van der Waals surface area contributed by atoms with Crippen molar-refractivity contribution in [2.75, 3.05) is 19.4 Å². The van der Waals surface area contributed by atoms with Gasteiger partial charge in [-0.2, -0.15) is 0 Å². The summed E-state index contributed by atoms with van der Waals surface area (Å²) in [5.74, 6) is -0.553. The van der Waals surface area contributed by atoms with Crippen molar-refractivity contribution in [2.24, 2.45) is 5.92 Å². The Kier molecular flexibility index (Phi) is 4.92. The number of esters is 1. The lowest BCUT2D eigenvalue weighted by Crippen LogP contribution is -2.31. The first-order chi connectivity index (χ1) is 9.20. The molecule has 0 aliphatic carbocycles. The van der Waals surface area contributed by atoms with Gasteiger partial charge in [-0.1, -0.05) is 30.3 Å². The zero-order chi connectivity index (χ0) is 13.7.